The molecule has 0 saturated carbocycles. The molecule has 5 heteroatoms. The Morgan fingerprint density at radius 2 is 1.68 bits per heavy atom. The molecule has 5 nitrogen and oxygen atoms in total. The Morgan fingerprint density at radius 3 is 2.32 bits per heavy atom. The molecule has 0 saturated heterocycles. The monoisotopic (exact) mass is 372 g/mol. The van der Waals surface area contributed by atoms with Crippen LogP contribution >= 0.6 is 0 Å². The highest BCUT2D eigenvalue weighted by Gasteiger charge is 2.16. The average Bonchev–Trinajstić information content (AvgIpc) is 2.77. The number of benzene rings is 2. The Kier molecular flexibility index (Phi) is 6.31. The Bertz CT molecular complexity index is 913. The van der Waals surface area contributed by atoms with Gasteiger partial charge in [0.05, 0.1) is 24.4 Å². The highest BCUT2D eigenvalue weighted by molar-refractivity contribution is 5.93. The van der Waals surface area contributed by atoms with Crippen molar-refractivity contribution >= 4 is 18.0 Å². The maximum absolute atomic E-state index is 12.5. The van der Waals surface area contributed by atoms with E-state index in [2.05, 4.69) is 15.0 Å². The van der Waals surface area contributed by atoms with Gasteiger partial charge in [-0.15, -0.1) is 0 Å². The van der Waals surface area contributed by atoms with E-state index in [1.807, 2.05) is 48.5 Å². The van der Waals surface area contributed by atoms with Gasteiger partial charge < -0.3 is 10.1 Å². The van der Waals surface area contributed by atoms with Crippen LogP contribution in [0, 0.1) is 0 Å². The SMILES string of the molecule is COC(=O)c1ccc(/C=C/C(=O)NC(c2ccccc2)c2ccccn2)cc1. The Morgan fingerprint density at radius 1 is 0.964 bits per heavy atom. The van der Waals surface area contributed by atoms with Gasteiger partial charge in [-0.2, -0.15) is 0 Å². The minimum absolute atomic E-state index is 0.239. The summed E-state index contributed by atoms with van der Waals surface area (Å²) in [4.78, 5) is 28.3. The minimum Gasteiger partial charge on any atom is -0.465 e. The van der Waals surface area contributed by atoms with Crippen LogP contribution in [0.25, 0.3) is 6.08 Å². The van der Waals surface area contributed by atoms with Crippen molar-refractivity contribution in [2.75, 3.05) is 7.11 Å². The predicted octanol–water partition coefficient (Wildman–Crippen LogP) is 3.79. The van der Waals surface area contributed by atoms with E-state index >= 15 is 0 Å². The third kappa shape index (κ3) is 4.92. The molecule has 0 radical (unpaired) electrons. The van der Waals surface area contributed by atoms with Crippen LogP contribution in [-0.4, -0.2) is 24.0 Å². The number of nitrogens with zero attached hydrogens (tertiary/aromatic N) is 1. The summed E-state index contributed by atoms with van der Waals surface area (Å²) in [5.74, 6) is -0.633. The van der Waals surface area contributed by atoms with Crippen molar-refractivity contribution in [1.82, 2.24) is 10.3 Å². The summed E-state index contributed by atoms with van der Waals surface area (Å²) in [6.07, 6.45) is 4.86. The number of esters is 1. The molecule has 3 aromatic rings. The van der Waals surface area contributed by atoms with E-state index in [-0.39, 0.29) is 11.9 Å². The van der Waals surface area contributed by atoms with Gasteiger partial charge in [0.2, 0.25) is 5.91 Å². The number of hydrogen-bond donors (Lipinski definition) is 1. The van der Waals surface area contributed by atoms with Crippen molar-refractivity contribution in [3.05, 3.63) is 107 Å². The summed E-state index contributed by atoms with van der Waals surface area (Å²) < 4.78 is 4.68. The number of nitrogens with one attached hydrogen (secondary N) is 1. The fourth-order valence-electron chi connectivity index (χ4n) is 2.73. The summed E-state index contributed by atoms with van der Waals surface area (Å²) in [5, 5.41) is 3.00. The zero-order chi connectivity index (χ0) is 19.8. The van der Waals surface area contributed by atoms with Crippen LogP contribution in [0.1, 0.15) is 33.2 Å². The van der Waals surface area contributed by atoms with Crippen molar-refractivity contribution in [2.24, 2.45) is 0 Å². The molecular formula is C23H20N2O3. The molecule has 0 aliphatic carbocycles. The van der Waals surface area contributed by atoms with E-state index in [9.17, 15) is 9.59 Å². The fourth-order valence-corrected chi connectivity index (χ4v) is 2.73. The average molecular weight is 372 g/mol. The van der Waals surface area contributed by atoms with Gasteiger partial charge in [-0.1, -0.05) is 48.5 Å². The van der Waals surface area contributed by atoms with Crippen molar-refractivity contribution in [3.8, 4) is 0 Å². The van der Waals surface area contributed by atoms with Crippen LogP contribution in [0.2, 0.25) is 0 Å². The molecule has 140 valence electrons. The van der Waals surface area contributed by atoms with Crippen LogP contribution in [-0.2, 0) is 9.53 Å². The lowest BCUT2D eigenvalue weighted by Crippen LogP contribution is -2.28. The fraction of sp³-hybridized carbons (Fsp3) is 0.0870. The number of pyridine rings is 1. The number of carbonyl (C=O) groups excluding carboxylic acids is 2. The first-order valence-corrected chi connectivity index (χ1v) is 8.80. The summed E-state index contributed by atoms with van der Waals surface area (Å²) >= 11 is 0. The Hall–Kier alpha value is -3.73. The number of ether oxygens (including phenoxy) is 1. The van der Waals surface area contributed by atoms with Crippen molar-refractivity contribution in [1.29, 1.82) is 0 Å². The topological polar surface area (TPSA) is 68.3 Å². The summed E-state index contributed by atoms with van der Waals surface area (Å²) in [7, 11) is 1.34. The van der Waals surface area contributed by atoms with Gasteiger partial charge in [-0.05, 0) is 41.5 Å². The molecule has 1 heterocycles. The standard InChI is InChI=1S/C23H20N2O3/c1-28-23(27)19-13-10-17(11-14-19)12-15-21(26)25-22(18-7-3-2-4-8-18)20-9-5-6-16-24-20/h2-16,22H,1H3,(H,25,26)/b15-12+. The highest BCUT2D eigenvalue weighted by Crippen LogP contribution is 2.20. The Labute approximate surface area is 163 Å². The smallest absolute Gasteiger partial charge is 0.337 e. The molecule has 0 aliphatic heterocycles. The maximum atomic E-state index is 12.5. The lowest BCUT2D eigenvalue weighted by Gasteiger charge is -2.17. The van der Waals surface area contributed by atoms with E-state index in [0.29, 0.717) is 5.56 Å². The quantitative estimate of drug-likeness (QED) is 0.528. The van der Waals surface area contributed by atoms with E-state index in [0.717, 1.165) is 16.8 Å². The zero-order valence-electron chi connectivity index (χ0n) is 15.4. The number of carbonyl (C=O) groups is 2. The van der Waals surface area contributed by atoms with Crippen LogP contribution in [0.15, 0.2) is 85.1 Å². The predicted molar refractivity (Wildman–Crippen MR) is 107 cm³/mol. The van der Waals surface area contributed by atoms with Crippen molar-refractivity contribution < 1.29 is 14.3 Å². The van der Waals surface area contributed by atoms with Gasteiger partial charge in [0.1, 0.15) is 0 Å². The molecule has 2 aromatic carbocycles. The second-order valence-electron chi connectivity index (χ2n) is 6.05. The van der Waals surface area contributed by atoms with Gasteiger partial charge in [0.15, 0.2) is 0 Å². The molecule has 3 rings (SSSR count). The minimum atomic E-state index is -0.394. The second-order valence-corrected chi connectivity index (χ2v) is 6.05. The van der Waals surface area contributed by atoms with E-state index in [4.69, 9.17) is 0 Å². The molecule has 1 amide bonds. The summed E-state index contributed by atoms with van der Waals surface area (Å²) in [6, 6.07) is 21.8. The molecule has 1 N–H and O–H groups in total. The molecule has 0 bridgehead atoms. The second kappa shape index (κ2) is 9.28. The highest BCUT2D eigenvalue weighted by atomic mass is 16.5. The van der Waals surface area contributed by atoms with Crippen molar-refractivity contribution in [3.63, 3.8) is 0 Å². The molecule has 0 fully saturated rings. The number of hydrogen-bond acceptors (Lipinski definition) is 4. The molecule has 1 unspecified atom stereocenters. The van der Waals surface area contributed by atoms with E-state index in [1.54, 1.807) is 36.5 Å². The number of rotatable bonds is 6. The third-order valence-electron chi connectivity index (χ3n) is 4.16. The lowest BCUT2D eigenvalue weighted by atomic mass is 10.0. The maximum Gasteiger partial charge on any atom is 0.337 e. The summed E-state index contributed by atoms with van der Waals surface area (Å²) in [5.41, 5.74) is 2.98. The third-order valence-corrected chi connectivity index (χ3v) is 4.16. The van der Waals surface area contributed by atoms with Gasteiger partial charge >= 0.3 is 5.97 Å². The largest absolute Gasteiger partial charge is 0.465 e. The van der Waals surface area contributed by atoms with Gasteiger partial charge in [0.25, 0.3) is 0 Å². The first-order chi connectivity index (χ1) is 13.7. The molecule has 28 heavy (non-hydrogen) atoms. The van der Waals surface area contributed by atoms with Crippen LogP contribution in [0.5, 0.6) is 0 Å². The van der Waals surface area contributed by atoms with Gasteiger partial charge in [-0.3, -0.25) is 9.78 Å². The lowest BCUT2D eigenvalue weighted by molar-refractivity contribution is -0.116. The van der Waals surface area contributed by atoms with Crippen LogP contribution in [0.4, 0.5) is 0 Å². The molecule has 0 spiro atoms. The molecular weight excluding hydrogens is 352 g/mol. The first kappa shape index (κ1) is 19.0. The number of aromatic nitrogens is 1. The number of amides is 1. The molecule has 1 atom stereocenters. The molecule has 0 aliphatic rings. The van der Waals surface area contributed by atoms with Gasteiger partial charge in [-0.25, -0.2) is 4.79 Å². The van der Waals surface area contributed by atoms with E-state index in [1.165, 1.54) is 13.2 Å². The summed E-state index contributed by atoms with van der Waals surface area (Å²) in [6.45, 7) is 0. The zero-order valence-corrected chi connectivity index (χ0v) is 15.4. The Balaban J connectivity index is 1.73. The molecule has 1 aromatic heterocycles. The number of methoxy groups -OCH3 is 1. The normalized spacial score (nSPS) is 11.8. The first-order valence-electron chi connectivity index (χ1n) is 8.80. The van der Waals surface area contributed by atoms with Crippen LogP contribution < -0.4 is 5.32 Å². The van der Waals surface area contributed by atoms with Crippen molar-refractivity contribution in [2.45, 2.75) is 6.04 Å². The van der Waals surface area contributed by atoms with Crippen LogP contribution in [0.3, 0.4) is 0 Å². The van der Waals surface area contributed by atoms with E-state index < -0.39 is 5.97 Å². The van der Waals surface area contributed by atoms with Gasteiger partial charge in [0, 0.05) is 12.3 Å².